The molecule has 0 unspecified atom stereocenters. The van der Waals surface area contributed by atoms with E-state index in [1.54, 1.807) is 11.5 Å². The van der Waals surface area contributed by atoms with Crippen molar-refractivity contribution in [3.63, 3.8) is 0 Å². The van der Waals surface area contributed by atoms with E-state index in [1.807, 2.05) is 0 Å². The molecule has 2 saturated heterocycles. The Morgan fingerprint density at radius 3 is 2.47 bits per heavy atom. The second-order valence-corrected chi connectivity index (χ2v) is 6.69. The number of hydrogen-bond donors (Lipinski definition) is 1. The van der Waals surface area contributed by atoms with Gasteiger partial charge in [0.15, 0.2) is 0 Å². The number of piperidine rings is 1. The molecule has 2 aliphatic rings. The van der Waals surface area contributed by atoms with Crippen molar-refractivity contribution in [3.05, 3.63) is 5.56 Å². The second-order valence-electron chi connectivity index (χ2n) is 5.94. The smallest absolute Gasteiger partial charge is 0.142 e. The molecule has 2 fully saturated rings. The molecule has 0 aromatic carbocycles. The van der Waals surface area contributed by atoms with E-state index < -0.39 is 0 Å². The molecule has 5 heteroatoms. The summed E-state index contributed by atoms with van der Waals surface area (Å²) < 4.78 is 4.26. The van der Waals surface area contributed by atoms with Crippen LogP contribution < -0.4 is 10.6 Å². The zero-order chi connectivity index (χ0) is 13.2. The topological polar surface area (TPSA) is 45.4 Å². The number of rotatable bonds is 3. The molecule has 3 rings (SSSR count). The summed E-state index contributed by atoms with van der Waals surface area (Å²) in [6.45, 7) is 8.39. The average molecular weight is 280 g/mol. The van der Waals surface area contributed by atoms with E-state index in [1.165, 1.54) is 69.0 Å². The van der Waals surface area contributed by atoms with E-state index in [0.29, 0.717) is 5.82 Å². The Morgan fingerprint density at radius 1 is 1.21 bits per heavy atom. The molecule has 0 atom stereocenters. The summed E-state index contributed by atoms with van der Waals surface area (Å²) in [6.07, 6.45) is 5.43. The van der Waals surface area contributed by atoms with Crippen molar-refractivity contribution in [1.29, 1.82) is 0 Å². The van der Waals surface area contributed by atoms with Gasteiger partial charge in [0.1, 0.15) is 10.8 Å². The zero-order valence-corrected chi connectivity index (χ0v) is 12.6. The van der Waals surface area contributed by atoms with Gasteiger partial charge in [-0.15, -0.1) is 0 Å². The largest absolute Gasteiger partial charge is 0.383 e. The number of nitrogens with two attached hydrogens (primary N) is 1. The number of likely N-dealkylation sites (tertiary alicyclic amines) is 1. The summed E-state index contributed by atoms with van der Waals surface area (Å²) in [5.74, 6) is 1.60. The highest BCUT2D eigenvalue weighted by atomic mass is 32.1. The SMILES string of the molecule is Cc1c(N)nsc1N1CCC(CN2CCCC2)CC1. The fourth-order valence-electron chi connectivity index (χ4n) is 3.28. The van der Waals surface area contributed by atoms with Crippen LogP contribution >= 0.6 is 11.5 Å². The second kappa shape index (κ2) is 5.67. The van der Waals surface area contributed by atoms with Gasteiger partial charge < -0.3 is 15.5 Å². The van der Waals surface area contributed by atoms with Crippen molar-refractivity contribution >= 4 is 22.4 Å². The lowest BCUT2D eigenvalue weighted by molar-refractivity contribution is 0.249. The predicted molar refractivity (Wildman–Crippen MR) is 81.9 cm³/mol. The first kappa shape index (κ1) is 13.2. The maximum Gasteiger partial charge on any atom is 0.142 e. The van der Waals surface area contributed by atoms with Crippen LogP contribution in [0, 0.1) is 12.8 Å². The van der Waals surface area contributed by atoms with Crippen LogP contribution in [0.5, 0.6) is 0 Å². The van der Waals surface area contributed by atoms with Gasteiger partial charge in [0, 0.05) is 25.2 Å². The third-order valence-electron chi connectivity index (χ3n) is 4.55. The van der Waals surface area contributed by atoms with E-state index >= 15 is 0 Å². The maximum absolute atomic E-state index is 5.85. The summed E-state index contributed by atoms with van der Waals surface area (Å²) in [7, 11) is 0. The molecule has 4 nitrogen and oxygen atoms in total. The van der Waals surface area contributed by atoms with E-state index in [2.05, 4.69) is 21.1 Å². The van der Waals surface area contributed by atoms with Crippen molar-refractivity contribution in [1.82, 2.24) is 9.27 Å². The molecule has 0 aliphatic carbocycles. The molecule has 19 heavy (non-hydrogen) atoms. The Labute approximate surface area is 119 Å². The zero-order valence-electron chi connectivity index (χ0n) is 11.8. The third kappa shape index (κ3) is 2.87. The summed E-state index contributed by atoms with van der Waals surface area (Å²) in [5.41, 5.74) is 7.02. The highest BCUT2D eigenvalue weighted by molar-refractivity contribution is 7.10. The summed E-state index contributed by atoms with van der Waals surface area (Å²) in [6, 6.07) is 0. The standard InChI is InChI=1S/C14H24N4S/c1-11-13(15)16-19-14(11)18-8-4-12(5-9-18)10-17-6-2-3-7-17/h12H,2-10H2,1H3,(H2,15,16). The van der Waals surface area contributed by atoms with Gasteiger partial charge in [-0.2, -0.15) is 4.37 Å². The number of aromatic nitrogens is 1. The fourth-order valence-corrected chi connectivity index (χ4v) is 4.14. The first-order valence-electron chi connectivity index (χ1n) is 7.43. The minimum Gasteiger partial charge on any atom is -0.383 e. The van der Waals surface area contributed by atoms with Crippen LogP contribution in [0.15, 0.2) is 0 Å². The molecular formula is C14H24N4S. The van der Waals surface area contributed by atoms with Gasteiger partial charge in [-0.1, -0.05) is 0 Å². The van der Waals surface area contributed by atoms with Gasteiger partial charge >= 0.3 is 0 Å². The van der Waals surface area contributed by atoms with Gasteiger partial charge in [0.2, 0.25) is 0 Å². The molecule has 3 heterocycles. The molecule has 2 aliphatic heterocycles. The van der Waals surface area contributed by atoms with Crippen molar-refractivity contribution in [3.8, 4) is 0 Å². The summed E-state index contributed by atoms with van der Waals surface area (Å²) in [4.78, 5) is 5.13. The van der Waals surface area contributed by atoms with Crippen LogP contribution in [0.1, 0.15) is 31.2 Å². The van der Waals surface area contributed by atoms with Crippen LogP contribution in [0.2, 0.25) is 0 Å². The minimum atomic E-state index is 0.708. The minimum absolute atomic E-state index is 0.708. The molecule has 0 radical (unpaired) electrons. The number of nitrogen functional groups attached to an aromatic ring is 1. The molecule has 0 amide bonds. The third-order valence-corrected chi connectivity index (χ3v) is 5.58. The molecule has 0 bridgehead atoms. The lowest BCUT2D eigenvalue weighted by Crippen LogP contribution is -2.38. The van der Waals surface area contributed by atoms with E-state index in [0.717, 1.165) is 5.92 Å². The highest BCUT2D eigenvalue weighted by Gasteiger charge is 2.24. The summed E-state index contributed by atoms with van der Waals surface area (Å²) in [5, 5.41) is 1.29. The summed E-state index contributed by atoms with van der Waals surface area (Å²) >= 11 is 1.56. The van der Waals surface area contributed by atoms with Crippen LogP contribution in [0.4, 0.5) is 10.8 Å². The van der Waals surface area contributed by atoms with E-state index in [-0.39, 0.29) is 0 Å². The predicted octanol–water partition coefficient (Wildman–Crippen LogP) is 2.35. The normalized spacial score (nSPS) is 22.3. The Balaban J connectivity index is 1.53. The van der Waals surface area contributed by atoms with E-state index in [4.69, 9.17) is 5.73 Å². The Bertz CT molecular complexity index is 417. The Hall–Kier alpha value is -0.810. The van der Waals surface area contributed by atoms with Crippen molar-refractivity contribution in [2.75, 3.05) is 43.4 Å². The van der Waals surface area contributed by atoms with Crippen LogP contribution in [0.3, 0.4) is 0 Å². The molecular weight excluding hydrogens is 256 g/mol. The van der Waals surface area contributed by atoms with Gasteiger partial charge in [-0.3, -0.25) is 0 Å². The lowest BCUT2D eigenvalue weighted by Gasteiger charge is -2.34. The van der Waals surface area contributed by atoms with Crippen molar-refractivity contribution < 1.29 is 0 Å². The number of nitrogens with zero attached hydrogens (tertiary/aromatic N) is 3. The molecule has 0 saturated carbocycles. The van der Waals surface area contributed by atoms with Crippen molar-refractivity contribution in [2.45, 2.75) is 32.6 Å². The van der Waals surface area contributed by atoms with Gasteiger partial charge in [-0.05, 0) is 63.1 Å². The molecule has 0 spiro atoms. The van der Waals surface area contributed by atoms with Gasteiger partial charge in [0.05, 0.1) is 0 Å². The van der Waals surface area contributed by atoms with Crippen LogP contribution in [-0.2, 0) is 0 Å². The molecule has 1 aromatic heterocycles. The maximum atomic E-state index is 5.85. The molecule has 2 N–H and O–H groups in total. The van der Waals surface area contributed by atoms with Crippen LogP contribution in [0.25, 0.3) is 0 Å². The molecule has 1 aromatic rings. The molecule has 106 valence electrons. The number of hydrogen-bond acceptors (Lipinski definition) is 5. The average Bonchev–Trinajstić information content (AvgIpc) is 3.03. The monoisotopic (exact) mass is 280 g/mol. The van der Waals surface area contributed by atoms with Crippen LogP contribution in [-0.4, -0.2) is 42.0 Å². The first-order valence-corrected chi connectivity index (χ1v) is 8.20. The Morgan fingerprint density at radius 2 is 1.89 bits per heavy atom. The van der Waals surface area contributed by atoms with Gasteiger partial charge in [-0.25, -0.2) is 0 Å². The quantitative estimate of drug-likeness (QED) is 0.923. The van der Waals surface area contributed by atoms with Crippen molar-refractivity contribution in [2.24, 2.45) is 5.92 Å². The first-order chi connectivity index (χ1) is 9.24. The lowest BCUT2D eigenvalue weighted by atomic mass is 9.96. The highest BCUT2D eigenvalue weighted by Crippen LogP contribution is 2.32. The van der Waals surface area contributed by atoms with Gasteiger partial charge in [0.25, 0.3) is 0 Å². The van der Waals surface area contributed by atoms with E-state index in [9.17, 15) is 0 Å². The fraction of sp³-hybridized carbons (Fsp3) is 0.786. The Kier molecular flexibility index (Phi) is 3.93. The number of anilines is 2.